The predicted molar refractivity (Wildman–Crippen MR) is 152 cm³/mol. The molecule has 0 unspecified atom stereocenters. The molecule has 5 aromatic carbocycles. The van der Waals surface area contributed by atoms with E-state index in [1.807, 2.05) is 0 Å². The van der Waals surface area contributed by atoms with Crippen molar-refractivity contribution in [3.63, 3.8) is 0 Å². The van der Waals surface area contributed by atoms with Crippen LogP contribution < -0.4 is 0 Å². The Labute approximate surface area is 213 Å². The molecule has 0 nitrogen and oxygen atoms in total. The summed E-state index contributed by atoms with van der Waals surface area (Å²) in [5.41, 5.74) is 17.3. The molecule has 1 spiro atoms. The molecule has 0 heterocycles. The predicted octanol–water partition coefficient (Wildman–Crippen LogP) is 9.51. The Morgan fingerprint density at radius 2 is 0.972 bits per heavy atom. The third kappa shape index (κ3) is 2.65. The monoisotopic (exact) mass is 460 g/mol. The van der Waals surface area contributed by atoms with Crippen molar-refractivity contribution in [3.05, 3.63) is 149 Å². The lowest BCUT2D eigenvalue weighted by Gasteiger charge is -2.30. The smallest absolute Gasteiger partial charge is 0.0725 e. The van der Waals surface area contributed by atoms with E-state index in [0.717, 1.165) is 0 Å². The van der Waals surface area contributed by atoms with Crippen LogP contribution in [0.4, 0.5) is 0 Å². The molecule has 0 saturated heterocycles. The first kappa shape index (κ1) is 21.1. The van der Waals surface area contributed by atoms with Crippen LogP contribution in [-0.4, -0.2) is 0 Å². The van der Waals surface area contributed by atoms with Crippen LogP contribution in [-0.2, 0) is 5.41 Å². The molecular weight excluding hydrogens is 432 g/mol. The van der Waals surface area contributed by atoms with E-state index in [-0.39, 0.29) is 5.41 Å². The third-order valence-corrected chi connectivity index (χ3v) is 8.38. The number of fused-ring (bicyclic) bond motifs is 10. The molecule has 0 aromatic heterocycles. The summed E-state index contributed by atoms with van der Waals surface area (Å²) >= 11 is 0. The SMILES string of the molecule is CC(C)=C(C)c1cccc(-c2cccc3c2-c2ccccc2C32c3ccccc3-c3ccccc32)c1. The van der Waals surface area contributed by atoms with Gasteiger partial charge in [-0.25, -0.2) is 0 Å². The van der Waals surface area contributed by atoms with Gasteiger partial charge in [-0.1, -0.05) is 115 Å². The van der Waals surface area contributed by atoms with Gasteiger partial charge in [0.25, 0.3) is 0 Å². The highest BCUT2D eigenvalue weighted by atomic mass is 14.5. The van der Waals surface area contributed by atoms with E-state index in [0.29, 0.717) is 0 Å². The fourth-order valence-corrected chi connectivity index (χ4v) is 6.59. The largest absolute Gasteiger partial charge is 0.0729 e. The van der Waals surface area contributed by atoms with Crippen LogP contribution in [0.1, 0.15) is 48.6 Å². The Morgan fingerprint density at radius 3 is 1.61 bits per heavy atom. The number of rotatable bonds is 2. The van der Waals surface area contributed by atoms with Crippen molar-refractivity contribution in [1.29, 1.82) is 0 Å². The van der Waals surface area contributed by atoms with Crippen LogP contribution in [0.25, 0.3) is 39.0 Å². The lowest BCUT2D eigenvalue weighted by molar-refractivity contribution is 0.794. The van der Waals surface area contributed by atoms with Gasteiger partial charge in [-0.3, -0.25) is 0 Å². The molecular formula is C36H28. The number of benzene rings is 5. The third-order valence-electron chi connectivity index (χ3n) is 8.38. The zero-order valence-corrected chi connectivity index (χ0v) is 21.0. The Kier molecular flexibility index (Phi) is 4.51. The molecule has 0 aliphatic heterocycles. The average molecular weight is 461 g/mol. The summed E-state index contributed by atoms with van der Waals surface area (Å²) in [5.74, 6) is 0. The van der Waals surface area contributed by atoms with Gasteiger partial charge in [0.15, 0.2) is 0 Å². The molecule has 0 saturated carbocycles. The summed E-state index contributed by atoms with van der Waals surface area (Å²) in [7, 11) is 0. The molecule has 7 rings (SSSR count). The summed E-state index contributed by atoms with van der Waals surface area (Å²) in [6, 6.07) is 43.0. The van der Waals surface area contributed by atoms with Crippen molar-refractivity contribution in [2.45, 2.75) is 26.2 Å². The van der Waals surface area contributed by atoms with Crippen molar-refractivity contribution >= 4 is 5.57 Å². The summed E-state index contributed by atoms with van der Waals surface area (Å²) in [4.78, 5) is 0. The first-order valence-electron chi connectivity index (χ1n) is 12.8. The second-order valence-electron chi connectivity index (χ2n) is 10.3. The molecule has 0 amide bonds. The van der Waals surface area contributed by atoms with Crippen LogP contribution in [0, 0.1) is 0 Å². The summed E-state index contributed by atoms with van der Waals surface area (Å²) in [5, 5.41) is 0. The molecule has 2 aliphatic carbocycles. The second kappa shape index (κ2) is 7.67. The fraction of sp³-hybridized carbons (Fsp3) is 0.111. The summed E-state index contributed by atoms with van der Waals surface area (Å²) < 4.78 is 0. The highest BCUT2D eigenvalue weighted by Gasteiger charge is 2.51. The molecule has 0 radical (unpaired) electrons. The van der Waals surface area contributed by atoms with Crippen molar-refractivity contribution in [1.82, 2.24) is 0 Å². The van der Waals surface area contributed by atoms with E-state index in [4.69, 9.17) is 0 Å². The van der Waals surface area contributed by atoms with E-state index < -0.39 is 0 Å². The Morgan fingerprint density at radius 1 is 0.472 bits per heavy atom. The van der Waals surface area contributed by atoms with E-state index in [1.165, 1.54) is 72.3 Å². The van der Waals surface area contributed by atoms with Crippen molar-refractivity contribution in [2.75, 3.05) is 0 Å². The first-order valence-corrected chi connectivity index (χ1v) is 12.8. The van der Waals surface area contributed by atoms with Crippen molar-refractivity contribution < 1.29 is 0 Å². The van der Waals surface area contributed by atoms with Crippen molar-refractivity contribution in [3.8, 4) is 33.4 Å². The van der Waals surface area contributed by atoms with E-state index in [9.17, 15) is 0 Å². The van der Waals surface area contributed by atoms with Crippen LogP contribution in [0.2, 0.25) is 0 Å². The molecule has 0 heteroatoms. The molecule has 36 heavy (non-hydrogen) atoms. The zero-order chi connectivity index (χ0) is 24.4. The Bertz CT molecular complexity index is 1660. The van der Waals surface area contributed by atoms with Gasteiger partial charge in [-0.15, -0.1) is 0 Å². The number of hydrogen-bond donors (Lipinski definition) is 0. The van der Waals surface area contributed by atoms with Gasteiger partial charge in [-0.2, -0.15) is 0 Å². The van der Waals surface area contributed by atoms with Gasteiger partial charge < -0.3 is 0 Å². The molecule has 2 aliphatic rings. The Hall–Kier alpha value is -4.16. The van der Waals surface area contributed by atoms with Crippen LogP contribution in [0.5, 0.6) is 0 Å². The summed E-state index contributed by atoms with van der Waals surface area (Å²) in [6.45, 7) is 6.61. The van der Waals surface area contributed by atoms with E-state index in [1.54, 1.807) is 0 Å². The van der Waals surface area contributed by atoms with Gasteiger partial charge in [0.05, 0.1) is 5.41 Å². The highest BCUT2D eigenvalue weighted by molar-refractivity contribution is 6.00. The maximum Gasteiger partial charge on any atom is 0.0725 e. The average Bonchev–Trinajstić information content (AvgIpc) is 3.40. The highest BCUT2D eigenvalue weighted by Crippen LogP contribution is 2.63. The Balaban J connectivity index is 1.59. The van der Waals surface area contributed by atoms with Crippen molar-refractivity contribution in [2.24, 2.45) is 0 Å². The van der Waals surface area contributed by atoms with Gasteiger partial charge in [0, 0.05) is 0 Å². The van der Waals surface area contributed by atoms with Crippen LogP contribution in [0.3, 0.4) is 0 Å². The standard InChI is InChI=1S/C36H28/c1-23(2)24(3)25-12-10-13-26(22-25)27-17-11-21-34-35(27)30-16-6-9-20-33(30)36(34)31-18-7-4-14-28(31)29-15-5-8-19-32(29)36/h4-22H,1-3H3. The van der Waals surface area contributed by atoms with Crippen LogP contribution >= 0.6 is 0 Å². The summed E-state index contributed by atoms with van der Waals surface area (Å²) in [6.07, 6.45) is 0. The minimum atomic E-state index is -0.289. The maximum atomic E-state index is 2.36. The molecule has 5 aromatic rings. The fourth-order valence-electron chi connectivity index (χ4n) is 6.59. The molecule has 0 bridgehead atoms. The second-order valence-corrected chi connectivity index (χ2v) is 10.3. The number of hydrogen-bond acceptors (Lipinski definition) is 0. The lowest BCUT2D eigenvalue weighted by Crippen LogP contribution is -2.25. The minimum Gasteiger partial charge on any atom is -0.0729 e. The molecule has 0 atom stereocenters. The topological polar surface area (TPSA) is 0 Å². The van der Waals surface area contributed by atoms with E-state index >= 15 is 0 Å². The molecule has 0 N–H and O–H groups in total. The molecule has 0 fully saturated rings. The normalized spacial score (nSPS) is 13.6. The van der Waals surface area contributed by atoms with Crippen LogP contribution in [0.15, 0.2) is 121 Å². The zero-order valence-electron chi connectivity index (χ0n) is 21.0. The van der Waals surface area contributed by atoms with Gasteiger partial charge in [0.1, 0.15) is 0 Å². The number of allylic oxidation sites excluding steroid dienone is 2. The van der Waals surface area contributed by atoms with Gasteiger partial charge >= 0.3 is 0 Å². The van der Waals surface area contributed by atoms with E-state index in [2.05, 4.69) is 136 Å². The quantitative estimate of drug-likeness (QED) is 0.241. The van der Waals surface area contributed by atoms with Gasteiger partial charge in [0.2, 0.25) is 0 Å². The lowest BCUT2D eigenvalue weighted by atomic mass is 9.70. The maximum absolute atomic E-state index is 2.36. The first-order chi connectivity index (χ1) is 17.6. The molecule has 172 valence electrons. The minimum absolute atomic E-state index is 0.289. The van der Waals surface area contributed by atoms with Gasteiger partial charge in [-0.05, 0) is 93.6 Å².